The smallest absolute Gasteiger partial charge is 0.210 e. The maximum atomic E-state index is 10.8. The Bertz CT molecular complexity index is 170. The van der Waals surface area contributed by atoms with Crippen molar-refractivity contribution in [3.8, 4) is 0 Å². The predicted octanol–water partition coefficient (Wildman–Crippen LogP) is 1.12. The number of hydrogen-bond acceptors (Lipinski definition) is 2. The third-order valence-electron chi connectivity index (χ3n) is 2.93. The van der Waals surface area contributed by atoms with Crippen LogP contribution >= 0.6 is 0 Å². The molecule has 1 amide bonds. The summed E-state index contributed by atoms with van der Waals surface area (Å²) < 4.78 is 0. The topological polar surface area (TPSA) is 46.3 Å². The zero-order chi connectivity index (χ0) is 9.84. The van der Waals surface area contributed by atoms with E-state index < -0.39 is 0 Å². The predicted molar refractivity (Wildman–Crippen MR) is 53.3 cm³/mol. The van der Waals surface area contributed by atoms with Gasteiger partial charge in [0, 0.05) is 18.1 Å². The highest BCUT2D eigenvalue weighted by molar-refractivity contribution is 5.49. The monoisotopic (exact) mass is 184 g/mol. The fourth-order valence-corrected chi connectivity index (χ4v) is 2.03. The van der Waals surface area contributed by atoms with E-state index >= 15 is 0 Å². The number of nitrogens with zero attached hydrogens (tertiary/aromatic N) is 1. The fraction of sp³-hybridized carbons (Fsp3) is 0.900. The zero-order valence-corrected chi connectivity index (χ0v) is 8.57. The molecule has 13 heavy (non-hydrogen) atoms. The van der Waals surface area contributed by atoms with Gasteiger partial charge in [-0.05, 0) is 39.5 Å². The minimum atomic E-state index is 0.254. The van der Waals surface area contributed by atoms with Gasteiger partial charge in [-0.15, -0.1) is 0 Å². The number of carbonyl (C=O) groups excluding carboxylic acids is 1. The summed E-state index contributed by atoms with van der Waals surface area (Å²) in [6.45, 7) is 4.13. The van der Waals surface area contributed by atoms with Crippen LogP contribution in [0.1, 0.15) is 39.5 Å². The van der Waals surface area contributed by atoms with Crippen molar-refractivity contribution in [2.75, 3.05) is 0 Å². The van der Waals surface area contributed by atoms with Crippen LogP contribution < -0.4 is 5.73 Å². The highest BCUT2D eigenvalue weighted by Crippen LogP contribution is 2.25. The molecule has 0 bridgehead atoms. The van der Waals surface area contributed by atoms with E-state index in [9.17, 15) is 4.79 Å². The van der Waals surface area contributed by atoms with Gasteiger partial charge in [-0.2, -0.15) is 0 Å². The van der Waals surface area contributed by atoms with Gasteiger partial charge in [-0.3, -0.25) is 4.79 Å². The second kappa shape index (κ2) is 4.61. The maximum absolute atomic E-state index is 10.8. The third-order valence-corrected chi connectivity index (χ3v) is 2.93. The van der Waals surface area contributed by atoms with Crippen molar-refractivity contribution in [1.82, 2.24) is 4.90 Å². The largest absolute Gasteiger partial charge is 0.340 e. The number of rotatable bonds is 4. The molecule has 0 aromatic rings. The number of nitrogens with two attached hydrogens (primary N) is 1. The van der Waals surface area contributed by atoms with Crippen molar-refractivity contribution < 1.29 is 4.79 Å². The van der Waals surface area contributed by atoms with E-state index in [0.717, 1.165) is 32.1 Å². The Labute approximate surface area is 80.3 Å². The zero-order valence-electron chi connectivity index (χ0n) is 8.57. The summed E-state index contributed by atoms with van der Waals surface area (Å²) in [4.78, 5) is 12.7. The molecule has 1 aliphatic heterocycles. The molecule has 76 valence electrons. The average molecular weight is 184 g/mol. The molecule has 0 spiro atoms. The molecule has 1 aliphatic rings. The molecule has 1 rings (SSSR count). The fourth-order valence-electron chi connectivity index (χ4n) is 2.03. The summed E-state index contributed by atoms with van der Waals surface area (Å²) in [5, 5.41) is 0. The lowest BCUT2D eigenvalue weighted by atomic mass is 10.1. The molecule has 1 fully saturated rings. The lowest BCUT2D eigenvalue weighted by molar-refractivity contribution is -0.120. The van der Waals surface area contributed by atoms with Gasteiger partial charge < -0.3 is 10.6 Å². The molecule has 0 saturated carbocycles. The van der Waals surface area contributed by atoms with Gasteiger partial charge in [0.05, 0.1) is 0 Å². The Morgan fingerprint density at radius 3 is 2.85 bits per heavy atom. The molecule has 1 saturated heterocycles. The minimum Gasteiger partial charge on any atom is -0.340 e. The van der Waals surface area contributed by atoms with Crippen LogP contribution in [-0.4, -0.2) is 29.4 Å². The highest BCUT2D eigenvalue weighted by Gasteiger charge is 2.28. The summed E-state index contributed by atoms with van der Waals surface area (Å²) >= 11 is 0. The number of likely N-dealkylation sites (tertiary alicyclic amines) is 1. The molecule has 0 aromatic carbocycles. The van der Waals surface area contributed by atoms with E-state index in [1.807, 2.05) is 11.8 Å². The van der Waals surface area contributed by atoms with Gasteiger partial charge in [0.15, 0.2) is 0 Å². The molecular formula is C10H20N2O. The van der Waals surface area contributed by atoms with Crippen LogP contribution in [-0.2, 0) is 4.79 Å². The van der Waals surface area contributed by atoms with Crippen molar-refractivity contribution in [2.45, 2.75) is 57.7 Å². The molecule has 0 radical (unpaired) electrons. The van der Waals surface area contributed by atoms with Crippen molar-refractivity contribution in [1.29, 1.82) is 0 Å². The first-order valence-corrected chi connectivity index (χ1v) is 5.13. The van der Waals surface area contributed by atoms with E-state index in [1.165, 1.54) is 0 Å². The van der Waals surface area contributed by atoms with Crippen LogP contribution in [0.15, 0.2) is 0 Å². The van der Waals surface area contributed by atoms with Gasteiger partial charge in [0.1, 0.15) is 0 Å². The minimum absolute atomic E-state index is 0.254. The number of carbonyl (C=O) groups is 1. The normalized spacial score (nSPS) is 30.5. The first-order valence-electron chi connectivity index (χ1n) is 5.13. The van der Waals surface area contributed by atoms with Crippen LogP contribution in [0, 0.1) is 0 Å². The van der Waals surface area contributed by atoms with Crippen LogP contribution in [0.3, 0.4) is 0 Å². The summed E-state index contributed by atoms with van der Waals surface area (Å²) in [5.74, 6) is 0. The summed E-state index contributed by atoms with van der Waals surface area (Å²) in [7, 11) is 0. The van der Waals surface area contributed by atoms with Crippen LogP contribution in [0.25, 0.3) is 0 Å². The van der Waals surface area contributed by atoms with E-state index in [1.54, 1.807) is 0 Å². The Morgan fingerprint density at radius 2 is 2.31 bits per heavy atom. The van der Waals surface area contributed by atoms with Crippen molar-refractivity contribution in [3.05, 3.63) is 0 Å². The Balaban J connectivity index is 2.37. The molecule has 0 aliphatic carbocycles. The van der Waals surface area contributed by atoms with Gasteiger partial charge in [0.2, 0.25) is 6.41 Å². The molecule has 3 heteroatoms. The van der Waals surface area contributed by atoms with E-state index in [4.69, 9.17) is 5.73 Å². The summed E-state index contributed by atoms with van der Waals surface area (Å²) in [6, 6.07) is 1.12. The molecular weight excluding hydrogens is 164 g/mol. The van der Waals surface area contributed by atoms with Gasteiger partial charge in [-0.1, -0.05) is 0 Å². The molecule has 1 heterocycles. The number of hydrogen-bond donors (Lipinski definition) is 1. The lowest BCUT2D eigenvalue weighted by Gasteiger charge is -2.24. The van der Waals surface area contributed by atoms with Gasteiger partial charge in [-0.25, -0.2) is 0 Å². The molecule has 3 unspecified atom stereocenters. The third kappa shape index (κ3) is 2.69. The van der Waals surface area contributed by atoms with Crippen molar-refractivity contribution in [2.24, 2.45) is 5.73 Å². The quantitative estimate of drug-likeness (QED) is 0.666. The molecule has 3 atom stereocenters. The first kappa shape index (κ1) is 10.5. The summed E-state index contributed by atoms with van der Waals surface area (Å²) in [5.41, 5.74) is 5.69. The summed E-state index contributed by atoms with van der Waals surface area (Å²) in [6.07, 6.45) is 5.35. The van der Waals surface area contributed by atoms with E-state index in [2.05, 4.69) is 6.92 Å². The highest BCUT2D eigenvalue weighted by atomic mass is 16.1. The molecule has 3 nitrogen and oxygen atoms in total. The standard InChI is InChI=1S/C10H20N2O/c1-8(11)3-5-10-6-4-9(2)12(10)7-13/h7-10H,3-6,11H2,1-2H3. The Kier molecular flexibility index (Phi) is 3.72. The van der Waals surface area contributed by atoms with Crippen LogP contribution in [0.2, 0.25) is 0 Å². The molecule has 0 aromatic heterocycles. The van der Waals surface area contributed by atoms with Crippen LogP contribution in [0.5, 0.6) is 0 Å². The Morgan fingerprint density at radius 1 is 1.62 bits per heavy atom. The van der Waals surface area contributed by atoms with E-state index in [-0.39, 0.29) is 6.04 Å². The first-order chi connectivity index (χ1) is 6.15. The second-order valence-corrected chi connectivity index (χ2v) is 4.19. The lowest BCUT2D eigenvalue weighted by Crippen LogP contribution is -2.34. The van der Waals surface area contributed by atoms with Gasteiger partial charge in [0.25, 0.3) is 0 Å². The van der Waals surface area contributed by atoms with E-state index in [0.29, 0.717) is 12.1 Å². The Hall–Kier alpha value is -0.570. The van der Waals surface area contributed by atoms with Crippen LogP contribution in [0.4, 0.5) is 0 Å². The second-order valence-electron chi connectivity index (χ2n) is 4.19. The molecule has 2 N–H and O–H groups in total. The van der Waals surface area contributed by atoms with Crippen molar-refractivity contribution >= 4 is 6.41 Å². The van der Waals surface area contributed by atoms with Gasteiger partial charge >= 0.3 is 0 Å². The van der Waals surface area contributed by atoms with Crippen molar-refractivity contribution in [3.63, 3.8) is 0 Å². The average Bonchev–Trinajstić information content (AvgIpc) is 2.42. The SMILES string of the molecule is CC(N)CCC1CCC(C)N1C=O. The maximum Gasteiger partial charge on any atom is 0.210 e. The number of amides is 1.